The van der Waals surface area contributed by atoms with Crippen LogP contribution in [0.2, 0.25) is 0 Å². The highest BCUT2D eigenvalue weighted by molar-refractivity contribution is 6.24. The van der Waals surface area contributed by atoms with Gasteiger partial charge in [-0.15, -0.1) is 0 Å². The number of aromatic nitrogens is 1. The molecule has 116 valence electrons. The number of hydrogen-bond donors (Lipinski definition) is 1. The van der Waals surface area contributed by atoms with Gasteiger partial charge in [0.05, 0.1) is 24.1 Å². The van der Waals surface area contributed by atoms with Gasteiger partial charge in [-0.2, -0.15) is 5.10 Å². The number of amides is 2. The van der Waals surface area contributed by atoms with E-state index in [0.29, 0.717) is 17.9 Å². The molecule has 0 radical (unpaired) electrons. The Morgan fingerprint density at radius 1 is 1.22 bits per heavy atom. The number of nitrogens with one attached hydrogen (secondary N) is 1. The molecule has 0 aliphatic carbocycles. The highest BCUT2D eigenvalue weighted by atomic mass is 16.2. The van der Waals surface area contributed by atoms with Crippen LogP contribution >= 0.6 is 0 Å². The quantitative estimate of drug-likeness (QED) is 0.878. The third-order valence-electron chi connectivity index (χ3n) is 3.56. The molecule has 2 heterocycles. The molecule has 0 fully saturated rings. The van der Waals surface area contributed by atoms with Gasteiger partial charge in [0.2, 0.25) is 5.91 Å². The number of pyridine rings is 1. The van der Waals surface area contributed by atoms with Crippen LogP contribution in [0, 0.1) is 5.92 Å². The zero-order valence-corrected chi connectivity index (χ0v) is 12.6. The van der Waals surface area contributed by atoms with E-state index in [1.807, 2.05) is 30.3 Å². The topological polar surface area (TPSA) is 74.7 Å². The Hall–Kier alpha value is -3.02. The lowest BCUT2D eigenvalue weighted by molar-refractivity contribution is -0.136. The summed E-state index contributed by atoms with van der Waals surface area (Å²) < 4.78 is 0. The van der Waals surface area contributed by atoms with Crippen LogP contribution in [0.5, 0.6) is 0 Å². The fourth-order valence-corrected chi connectivity index (χ4v) is 2.45. The van der Waals surface area contributed by atoms with E-state index in [-0.39, 0.29) is 11.8 Å². The fraction of sp³-hybridized carbons (Fsp3) is 0.176. The maximum absolute atomic E-state index is 12.5. The molecule has 23 heavy (non-hydrogen) atoms. The van der Waals surface area contributed by atoms with E-state index in [9.17, 15) is 9.59 Å². The van der Waals surface area contributed by atoms with Gasteiger partial charge < -0.3 is 5.32 Å². The Morgan fingerprint density at radius 2 is 2.00 bits per heavy atom. The molecular weight excluding hydrogens is 292 g/mol. The fourth-order valence-electron chi connectivity index (χ4n) is 2.45. The van der Waals surface area contributed by atoms with E-state index < -0.39 is 5.92 Å². The second kappa shape index (κ2) is 6.39. The summed E-state index contributed by atoms with van der Waals surface area (Å²) in [5.41, 5.74) is 2.01. The van der Waals surface area contributed by atoms with Gasteiger partial charge in [-0.1, -0.05) is 30.3 Å². The van der Waals surface area contributed by atoms with Crippen LogP contribution < -0.4 is 5.32 Å². The first-order valence-corrected chi connectivity index (χ1v) is 7.26. The van der Waals surface area contributed by atoms with Crippen LogP contribution in [0.4, 0.5) is 5.69 Å². The lowest BCUT2D eigenvalue weighted by atomic mass is 10.0. The monoisotopic (exact) mass is 308 g/mol. The molecule has 1 atom stereocenters. The first-order valence-electron chi connectivity index (χ1n) is 7.26. The van der Waals surface area contributed by atoms with Crippen molar-refractivity contribution in [2.24, 2.45) is 11.0 Å². The lowest BCUT2D eigenvalue weighted by Crippen LogP contribution is -2.36. The first-order chi connectivity index (χ1) is 11.1. The van der Waals surface area contributed by atoms with E-state index in [2.05, 4.69) is 15.4 Å². The number of nitrogens with zero attached hydrogens (tertiary/aromatic N) is 3. The molecule has 0 bridgehead atoms. The summed E-state index contributed by atoms with van der Waals surface area (Å²) in [6.45, 7) is 2.05. The number of carbonyl (C=O) groups is 2. The highest BCUT2D eigenvalue weighted by Crippen LogP contribution is 2.20. The number of benzene rings is 1. The molecule has 3 rings (SSSR count). The molecule has 1 aromatic heterocycles. The van der Waals surface area contributed by atoms with Crippen molar-refractivity contribution in [1.82, 2.24) is 9.99 Å². The number of hydrazone groups is 1. The summed E-state index contributed by atoms with van der Waals surface area (Å²) in [6, 6.07) is 13.0. The second-order valence-electron chi connectivity index (χ2n) is 5.29. The van der Waals surface area contributed by atoms with E-state index in [1.54, 1.807) is 25.3 Å². The van der Waals surface area contributed by atoms with Crippen LogP contribution in [-0.2, 0) is 16.1 Å². The van der Waals surface area contributed by atoms with Gasteiger partial charge in [0, 0.05) is 6.20 Å². The minimum absolute atomic E-state index is 0.312. The van der Waals surface area contributed by atoms with Crippen molar-refractivity contribution in [2.75, 3.05) is 5.32 Å². The molecule has 2 aromatic rings. The Morgan fingerprint density at radius 3 is 2.70 bits per heavy atom. The van der Waals surface area contributed by atoms with Gasteiger partial charge in [0.25, 0.3) is 5.91 Å². The summed E-state index contributed by atoms with van der Waals surface area (Å²) in [6.07, 6.45) is 3.15. The van der Waals surface area contributed by atoms with E-state index in [1.165, 1.54) is 11.2 Å². The number of hydrogen-bond acceptors (Lipinski definition) is 4. The average Bonchev–Trinajstić information content (AvgIpc) is 2.83. The molecule has 2 amide bonds. The molecule has 0 saturated carbocycles. The Labute approximate surface area is 133 Å². The van der Waals surface area contributed by atoms with Crippen molar-refractivity contribution in [3.8, 4) is 0 Å². The lowest BCUT2D eigenvalue weighted by Gasteiger charge is -2.14. The average molecular weight is 308 g/mol. The SMILES string of the molecule is CC1=NN(Cc2ccccc2)C(=O)[C@@H]1C(=O)Nc1cccnc1. The van der Waals surface area contributed by atoms with Crippen LogP contribution in [-0.4, -0.2) is 27.5 Å². The summed E-state index contributed by atoms with van der Waals surface area (Å²) in [5.74, 6) is -1.59. The third kappa shape index (κ3) is 3.26. The number of anilines is 1. The summed E-state index contributed by atoms with van der Waals surface area (Å²) >= 11 is 0. The van der Waals surface area contributed by atoms with Gasteiger partial charge in [0.15, 0.2) is 5.92 Å². The normalized spacial score (nSPS) is 17.1. The molecule has 1 aliphatic heterocycles. The van der Waals surface area contributed by atoms with E-state index in [0.717, 1.165) is 5.56 Å². The van der Waals surface area contributed by atoms with Crippen molar-refractivity contribution in [1.29, 1.82) is 0 Å². The number of rotatable bonds is 4. The predicted octanol–water partition coefficient (Wildman–Crippen LogP) is 2.05. The predicted molar refractivity (Wildman–Crippen MR) is 86.5 cm³/mol. The maximum atomic E-state index is 12.5. The largest absolute Gasteiger partial charge is 0.324 e. The van der Waals surface area contributed by atoms with Crippen molar-refractivity contribution in [3.05, 3.63) is 60.4 Å². The van der Waals surface area contributed by atoms with Gasteiger partial charge in [0.1, 0.15) is 0 Å². The van der Waals surface area contributed by atoms with Crippen LogP contribution in [0.3, 0.4) is 0 Å². The molecular formula is C17H16N4O2. The van der Waals surface area contributed by atoms with Gasteiger partial charge in [-0.05, 0) is 24.6 Å². The van der Waals surface area contributed by atoms with E-state index >= 15 is 0 Å². The molecule has 6 heteroatoms. The van der Waals surface area contributed by atoms with Crippen LogP contribution in [0.15, 0.2) is 60.0 Å². The smallest absolute Gasteiger partial charge is 0.261 e. The zero-order valence-electron chi connectivity index (χ0n) is 12.6. The minimum atomic E-state index is -0.890. The Balaban J connectivity index is 1.71. The van der Waals surface area contributed by atoms with Crippen molar-refractivity contribution in [3.63, 3.8) is 0 Å². The van der Waals surface area contributed by atoms with Crippen molar-refractivity contribution >= 4 is 23.2 Å². The molecule has 0 unspecified atom stereocenters. The third-order valence-corrected chi connectivity index (χ3v) is 3.56. The molecule has 1 aromatic carbocycles. The minimum Gasteiger partial charge on any atom is -0.324 e. The van der Waals surface area contributed by atoms with Gasteiger partial charge >= 0.3 is 0 Å². The van der Waals surface area contributed by atoms with Crippen molar-refractivity contribution in [2.45, 2.75) is 13.5 Å². The molecule has 1 N–H and O–H groups in total. The van der Waals surface area contributed by atoms with Gasteiger partial charge in [-0.25, -0.2) is 5.01 Å². The van der Waals surface area contributed by atoms with Crippen LogP contribution in [0.1, 0.15) is 12.5 Å². The first kappa shape index (κ1) is 14.9. The highest BCUT2D eigenvalue weighted by Gasteiger charge is 2.38. The standard InChI is InChI=1S/C17H16N4O2/c1-12-15(16(22)19-14-8-5-9-18-10-14)17(23)21(20-12)11-13-6-3-2-4-7-13/h2-10,15H,11H2,1H3,(H,19,22)/t15-/m0/s1. The second-order valence-corrected chi connectivity index (χ2v) is 5.29. The molecule has 6 nitrogen and oxygen atoms in total. The molecule has 0 saturated heterocycles. The molecule has 0 spiro atoms. The number of carbonyl (C=O) groups excluding carboxylic acids is 2. The van der Waals surface area contributed by atoms with Crippen LogP contribution in [0.25, 0.3) is 0 Å². The van der Waals surface area contributed by atoms with Crippen molar-refractivity contribution < 1.29 is 9.59 Å². The molecule has 1 aliphatic rings. The van der Waals surface area contributed by atoms with Gasteiger partial charge in [-0.3, -0.25) is 14.6 Å². The summed E-state index contributed by atoms with van der Waals surface area (Å²) in [4.78, 5) is 28.8. The summed E-state index contributed by atoms with van der Waals surface area (Å²) in [7, 11) is 0. The zero-order chi connectivity index (χ0) is 16.2. The van der Waals surface area contributed by atoms with E-state index in [4.69, 9.17) is 0 Å². The Bertz CT molecular complexity index is 744. The maximum Gasteiger partial charge on any atom is 0.261 e. The Kier molecular flexibility index (Phi) is 4.14. The summed E-state index contributed by atoms with van der Waals surface area (Å²) in [5, 5.41) is 8.28.